The molecule has 2 aromatic carbocycles. The van der Waals surface area contributed by atoms with Gasteiger partial charge in [0.2, 0.25) is 0 Å². The summed E-state index contributed by atoms with van der Waals surface area (Å²) in [6.07, 6.45) is -4.25. The predicted octanol–water partition coefficient (Wildman–Crippen LogP) is 4.56. The summed E-state index contributed by atoms with van der Waals surface area (Å²) in [5, 5.41) is 10.3. The zero-order valence-corrected chi connectivity index (χ0v) is 24.2. The molecule has 2 fully saturated rings. The SMILES string of the molecule is COc1cc(C(=O)N2CCN(CC#CCN3CCOCC3(C)C)C[C@H]2Cc2ccc(Cl)c(O)c2)cc(C(F)(F)F)c1. The predicted molar refractivity (Wildman–Crippen MR) is 150 cm³/mol. The van der Waals surface area contributed by atoms with Crippen LogP contribution in [0.5, 0.6) is 11.5 Å². The Balaban J connectivity index is 1.53. The maximum atomic E-state index is 13.6. The van der Waals surface area contributed by atoms with Gasteiger partial charge in [0.1, 0.15) is 11.5 Å². The van der Waals surface area contributed by atoms with Crippen molar-refractivity contribution in [3.05, 3.63) is 58.1 Å². The monoisotopic (exact) mass is 593 g/mol. The first-order valence-electron chi connectivity index (χ1n) is 13.4. The van der Waals surface area contributed by atoms with Gasteiger partial charge in [0.15, 0.2) is 0 Å². The molecule has 4 rings (SSSR count). The van der Waals surface area contributed by atoms with Gasteiger partial charge in [-0.15, -0.1) is 0 Å². The number of aromatic hydroxyl groups is 1. The molecule has 222 valence electrons. The van der Waals surface area contributed by atoms with Crippen LogP contribution in [0.3, 0.4) is 0 Å². The lowest BCUT2D eigenvalue weighted by atomic mass is 10.00. The molecule has 0 aliphatic carbocycles. The van der Waals surface area contributed by atoms with Crippen LogP contribution in [0.25, 0.3) is 0 Å². The minimum absolute atomic E-state index is 0.0419. The van der Waals surface area contributed by atoms with Crippen molar-refractivity contribution in [1.29, 1.82) is 0 Å². The molecule has 1 amide bonds. The van der Waals surface area contributed by atoms with Gasteiger partial charge in [-0.2, -0.15) is 13.2 Å². The van der Waals surface area contributed by atoms with Gasteiger partial charge in [-0.05, 0) is 56.2 Å². The number of hydrogen-bond acceptors (Lipinski definition) is 6. The fourth-order valence-electron chi connectivity index (χ4n) is 5.14. The van der Waals surface area contributed by atoms with E-state index in [4.69, 9.17) is 21.1 Å². The summed E-state index contributed by atoms with van der Waals surface area (Å²) >= 11 is 5.98. The Labute approximate surface area is 243 Å². The molecule has 0 unspecified atom stereocenters. The number of hydrogen-bond donors (Lipinski definition) is 1. The molecule has 2 aliphatic rings. The molecule has 0 saturated carbocycles. The molecule has 2 aromatic rings. The summed E-state index contributed by atoms with van der Waals surface area (Å²) in [6.45, 7) is 8.81. The van der Waals surface area contributed by atoms with Crippen molar-refractivity contribution < 1.29 is 32.5 Å². The van der Waals surface area contributed by atoms with Gasteiger partial charge < -0.3 is 19.5 Å². The van der Waals surface area contributed by atoms with E-state index in [0.717, 1.165) is 24.2 Å². The highest BCUT2D eigenvalue weighted by Crippen LogP contribution is 2.33. The molecule has 7 nitrogen and oxygen atoms in total. The molecule has 0 aromatic heterocycles. The van der Waals surface area contributed by atoms with Gasteiger partial charge in [0.05, 0.1) is 44.0 Å². The molecule has 2 saturated heterocycles. The van der Waals surface area contributed by atoms with Crippen LogP contribution in [-0.2, 0) is 17.3 Å². The summed E-state index contributed by atoms with van der Waals surface area (Å²) in [5.74, 6) is 5.87. The van der Waals surface area contributed by atoms with Crippen LogP contribution in [0.2, 0.25) is 5.02 Å². The molecule has 1 atom stereocenters. The normalized spacial score (nSPS) is 19.9. The number of nitrogens with zero attached hydrogens (tertiary/aromatic N) is 3. The van der Waals surface area contributed by atoms with E-state index in [9.17, 15) is 23.1 Å². The number of benzene rings is 2. The number of phenolic OH excluding ortho intramolecular Hbond substituents is 1. The van der Waals surface area contributed by atoms with E-state index in [0.29, 0.717) is 52.4 Å². The molecular weight excluding hydrogens is 559 g/mol. The number of alkyl halides is 3. The maximum absolute atomic E-state index is 13.6. The molecule has 1 N–H and O–H groups in total. The lowest BCUT2D eigenvalue weighted by molar-refractivity contribution is -0.137. The molecule has 11 heteroatoms. The van der Waals surface area contributed by atoms with E-state index in [-0.39, 0.29) is 33.7 Å². The van der Waals surface area contributed by atoms with E-state index in [1.807, 2.05) is 0 Å². The van der Waals surface area contributed by atoms with Gasteiger partial charge in [0, 0.05) is 43.3 Å². The lowest BCUT2D eigenvalue weighted by Crippen LogP contribution is -2.56. The second-order valence-electron chi connectivity index (χ2n) is 11.0. The quantitative estimate of drug-likeness (QED) is 0.496. The first-order valence-corrected chi connectivity index (χ1v) is 13.8. The van der Waals surface area contributed by atoms with Crippen molar-refractivity contribution in [3.8, 4) is 23.3 Å². The highest BCUT2D eigenvalue weighted by atomic mass is 35.5. The Bertz CT molecular complexity index is 1310. The molecule has 0 radical (unpaired) electrons. The fourth-order valence-corrected chi connectivity index (χ4v) is 5.25. The molecular formula is C30H35ClF3N3O4. The standard InChI is InChI=1S/C30H35ClF3N3O4/c1-29(2)20-41-13-12-36(29)9-5-4-8-35-10-11-37(24(19-35)14-21-6-7-26(31)27(38)15-21)28(39)22-16-23(30(32,33)34)18-25(17-22)40-3/h6-7,15-18,24,38H,8-14,19-20H2,1-3H3/t24-/m1/s1. The van der Waals surface area contributed by atoms with Crippen molar-refractivity contribution >= 4 is 17.5 Å². The molecule has 2 aliphatic heterocycles. The summed E-state index contributed by atoms with van der Waals surface area (Å²) in [7, 11) is 1.26. The summed E-state index contributed by atoms with van der Waals surface area (Å²) in [5.41, 5.74) is -0.377. The largest absolute Gasteiger partial charge is 0.506 e. The topological polar surface area (TPSA) is 65.5 Å². The number of piperazine rings is 1. The number of phenols is 1. The number of rotatable bonds is 6. The van der Waals surface area contributed by atoms with Crippen LogP contribution in [0.15, 0.2) is 36.4 Å². The summed E-state index contributed by atoms with van der Waals surface area (Å²) in [4.78, 5) is 19.7. The fraction of sp³-hybridized carbons (Fsp3) is 0.500. The van der Waals surface area contributed by atoms with Crippen molar-refractivity contribution in [3.63, 3.8) is 0 Å². The minimum atomic E-state index is -4.63. The highest BCUT2D eigenvalue weighted by Gasteiger charge is 2.35. The molecule has 0 spiro atoms. The van der Waals surface area contributed by atoms with Crippen molar-refractivity contribution in [2.75, 3.05) is 59.6 Å². The van der Waals surface area contributed by atoms with Crippen LogP contribution in [0.4, 0.5) is 13.2 Å². The molecule has 41 heavy (non-hydrogen) atoms. The third-order valence-corrected chi connectivity index (χ3v) is 7.86. The Morgan fingerprint density at radius 2 is 1.90 bits per heavy atom. The van der Waals surface area contributed by atoms with Gasteiger partial charge in [-0.25, -0.2) is 0 Å². The highest BCUT2D eigenvalue weighted by molar-refractivity contribution is 6.32. The number of halogens is 4. The minimum Gasteiger partial charge on any atom is -0.506 e. The van der Waals surface area contributed by atoms with Crippen LogP contribution in [0.1, 0.15) is 35.3 Å². The number of morpholine rings is 1. The number of amides is 1. The number of methoxy groups -OCH3 is 1. The number of carbonyl (C=O) groups is 1. The number of ether oxygens (including phenoxy) is 2. The van der Waals surface area contributed by atoms with E-state index in [1.165, 1.54) is 13.2 Å². The summed E-state index contributed by atoms with van der Waals surface area (Å²) in [6, 6.07) is 7.57. The third kappa shape index (κ3) is 7.86. The van der Waals surface area contributed by atoms with Crippen molar-refractivity contribution in [1.82, 2.24) is 14.7 Å². The van der Waals surface area contributed by atoms with Gasteiger partial charge in [-0.3, -0.25) is 14.6 Å². The van der Waals surface area contributed by atoms with Crippen molar-refractivity contribution in [2.45, 2.75) is 38.0 Å². The van der Waals surface area contributed by atoms with Crippen LogP contribution < -0.4 is 4.74 Å². The van der Waals surface area contributed by atoms with E-state index in [1.54, 1.807) is 23.1 Å². The Hall–Kier alpha value is -2.97. The average Bonchev–Trinajstić information content (AvgIpc) is 2.92. The van der Waals surface area contributed by atoms with Gasteiger partial charge in [-0.1, -0.05) is 29.5 Å². The first kappa shape index (κ1) is 31.0. The Morgan fingerprint density at radius 3 is 2.59 bits per heavy atom. The molecule has 2 heterocycles. The smallest absolute Gasteiger partial charge is 0.416 e. The maximum Gasteiger partial charge on any atom is 0.416 e. The Morgan fingerprint density at radius 1 is 1.15 bits per heavy atom. The second-order valence-corrected chi connectivity index (χ2v) is 11.4. The van der Waals surface area contributed by atoms with Gasteiger partial charge in [0.25, 0.3) is 5.91 Å². The lowest BCUT2D eigenvalue weighted by Gasteiger charge is -2.41. The van der Waals surface area contributed by atoms with Gasteiger partial charge >= 0.3 is 6.18 Å². The number of carbonyl (C=O) groups excluding carboxylic acids is 1. The zero-order valence-electron chi connectivity index (χ0n) is 23.4. The van der Waals surface area contributed by atoms with Crippen molar-refractivity contribution in [2.24, 2.45) is 0 Å². The van der Waals surface area contributed by atoms with E-state index in [2.05, 4.69) is 35.5 Å². The van der Waals surface area contributed by atoms with E-state index < -0.39 is 17.6 Å². The first-order chi connectivity index (χ1) is 19.4. The van der Waals surface area contributed by atoms with Crippen LogP contribution in [0, 0.1) is 11.8 Å². The third-order valence-electron chi connectivity index (χ3n) is 7.54. The van der Waals surface area contributed by atoms with Crippen LogP contribution >= 0.6 is 11.6 Å². The van der Waals surface area contributed by atoms with Crippen LogP contribution in [-0.4, -0.2) is 96.9 Å². The second kappa shape index (κ2) is 12.9. The zero-order chi connectivity index (χ0) is 29.8. The Kier molecular flexibility index (Phi) is 9.75. The van der Waals surface area contributed by atoms with E-state index >= 15 is 0 Å². The average molecular weight is 594 g/mol. The summed E-state index contributed by atoms with van der Waals surface area (Å²) < 4.78 is 51.3. The molecule has 0 bridgehead atoms.